The first-order valence-corrected chi connectivity index (χ1v) is 11.8. The monoisotopic (exact) mass is 478 g/mol. The zero-order chi connectivity index (χ0) is 24.3. The number of carbonyl (C=O) groups excluding carboxylic acids is 1. The van der Waals surface area contributed by atoms with Crippen LogP contribution in [0, 0.1) is 0 Å². The summed E-state index contributed by atoms with van der Waals surface area (Å²) in [5, 5.41) is 2.97. The fourth-order valence-electron chi connectivity index (χ4n) is 3.55. The van der Waals surface area contributed by atoms with Gasteiger partial charge in [0.25, 0.3) is 0 Å². The van der Waals surface area contributed by atoms with Crippen LogP contribution < -0.4 is 20.2 Å². The predicted molar refractivity (Wildman–Crippen MR) is 128 cm³/mol. The average Bonchev–Trinajstić information content (AvgIpc) is 2.86. The topological polar surface area (TPSA) is 104 Å². The molecule has 174 valence electrons. The summed E-state index contributed by atoms with van der Waals surface area (Å²) in [7, 11) is -1.12. The van der Waals surface area contributed by atoms with E-state index in [1.54, 1.807) is 55.6 Å². The predicted octanol–water partition coefficient (Wildman–Crippen LogP) is 3.49. The molecule has 0 aliphatic carbocycles. The molecule has 0 bridgehead atoms. The second-order valence-corrected chi connectivity index (χ2v) is 9.34. The van der Waals surface area contributed by atoms with E-state index >= 15 is 0 Å². The third-order valence-corrected chi connectivity index (χ3v) is 7.06. The molecule has 0 fully saturated rings. The van der Waals surface area contributed by atoms with Crippen molar-refractivity contribution in [2.75, 3.05) is 19.5 Å². The highest BCUT2D eigenvalue weighted by atomic mass is 32.2. The van der Waals surface area contributed by atoms with E-state index in [0.29, 0.717) is 22.7 Å². The Labute approximate surface area is 196 Å². The maximum atomic E-state index is 13.3. The van der Waals surface area contributed by atoms with Crippen LogP contribution in [0.1, 0.15) is 0 Å². The molecule has 1 heterocycles. The smallest absolute Gasteiger partial charge is 0.244 e. The lowest BCUT2D eigenvalue weighted by molar-refractivity contribution is -0.116. The number of methoxy groups -OCH3 is 2. The number of aromatic nitrogens is 1. The van der Waals surface area contributed by atoms with E-state index in [0.717, 1.165) is 0 Å². The van der Waals surface area contributed by atoms with Gasteiger partial charge < -0.3 is 19.4 Å². The molecule has 9 heteroatoms. The fourth-order valence-corrected chi connectivity index (χ4v) is 4.92. The summed E-state index contributed by atoms with van der Waals surface area (Å²) in [6.07, 6.45) is 1.22. The first kappa shape index (κ1) is 23.1. The van der Waals surface area contributed by atoms with Crippen molar-refractivity contribution >= 4 is 32.3 Å². The molecule has 4 aromatic rings. The van der Waals surface area contributed by atoms with Crippen LogP contribution in [0.2, 0.25) is 0 Å². The minimum Gasteiger partial charge on any atom is -0.497 e. The van der Waals surface area contributed by atoms with Gasteiger partial charge in [0.2, 0.25) is 21.2 Å². The van der Waals surface area contributed by atoms with Crippen molar-refractivity contribution in [2.24, 2.45) is 0 Å². The van der Waals surface area contributed by atoms with E-state index in [1.807, 2.05) is 0 Å². The summed E-state index contributed by atoms with van der Waals surface area (Å²) >= 11 is 0. The largest absolute Gasteiger partial charge is 0.497 e. The molecule has 8 nitrogen and oxygen atoms in total. The summed E-state index contributed by atoms with van der Waals surface area (Å²) in [4.78, 5) is 25.4. The maximum absolute atomic E-state index is 13.3. The fraction of sp³-hybridized carbons (Fsp3) is 0.120. The van der Waals surface area contributed by atoms with Crippen molar-refractivity contribution < 1.29 is 22.7 Å². The first-order valence-electron chi connectivity index (χ1n) is 10.3. The lowest BCUT2D eigenvalue weighted by Gasteiger charge is -2.14. The number of rotatable bonds is 7. The summed E-state index contributed by atoms with van der Waals surface area (Å²) in [6, 6.07) is 19.2. The average molecular weight is 479 g/mol. The quantitative estimate of drug-likeness (QED) is 0.436. The second kappa shape index (κ2) is 9.40. The van der Waals surface area contributed by atoms with Crippen molar-refractivity contribution in [1.29, 1.82) is 0 Å². The number of nitrogens with zero attached hydrogens (tertiary/aromatic N) is 1. The number of sulfone groups is 1. The molecule has 0 spiro atoms. The van der Waals surface area contributed by atoms with E-state index in [9.17, 15) is 18.0 Å². The van der Waals surface area contributed by atoms with Gasteiger partial charge in [0, 0.05) is 17.3 Å². The third-order valence-electron chi connectivity index (χ3n) is 5.30. The zero-order valence-electron chi connectivity index (χ0n) is 18.5. The summed E-state index contributed by atoms with van der Waals surface area (Å²) in [5.74, 6) is 0.759. The maximum Gasteiger partial charge on any atom is 0.244 e. The molecular weight excluding hydrogens is 456 g/mol. The van der Waals surface area contributed by atoms with Crippen LogP contribution in [0.3, 0.4) is 0 Å². The minimum atomic E-state index is -4.15. The molecule has 1 aromatic heterocycles. The van der Waals surface area contributed by atoms with E-state index in [2.05, 4.69) is 5.32 Å². The highest BCUT2D eigenvalue weighted by molar-refractivity contribution is 7.91. The number of amides is 1. The number of nitrogens with one attached hydrogen (secondary N) is 1. The van der Waals surface area contributed by atoms with Gasteiger partial charge in [0.05, 0.1) is 24.6 Å². The molecule has 0 atom stereocenters. The van der Waals surface area contributed by atoms with Crippen molar-refractivity contribution in [2.45, 2.75) is 16.3 Å². The highest BCUT2D eigenvalue weighted by Crippen LogP contribution is 2.23. The molecule has 1 N–H and O–H groups in total. The Bertz CT molecular complexity index is 1510. The van der Waals surface area contributed by atoms with Gasteiger partial charge in [-0.2, -0.15) is 0 Å². The molecule has 0 radical (unpaired) electrons. The van der Waals surface area contributed by atoms with E-state index in [1.165, 1.54) is 42.1 Å². The molecule has 4 rings (SSSR count). The van der Waals surface area contributed by atoms with Gasteiger partial charge in [-0.25, -0.2) is 8.42 Å². The van der Waals surface area contributed by atoms with E-state index in [-0.39, 0.29) is 22.7 Å². The van der Waals surface area contributed by atoms with Crippen LogP contribution in [0.5, 0.6) is 11.5 Å². The Balaban J connectivity index is 1.74. The van der Waals surface area contributed by atoms with Crippen LogP contribution in [-0.2, 0) is 21.2 Å². The molecular formula is C25H22N2O6S. The van der Waals surface area contributed by atoms with Gasteiger partial charge in [-0.05, 0) is 60.7 Å². The number of benzene rings is 3. The van der Waals surface area contributed by atoms with Crippen molar-refractivity contribution in [3.8, 4) is 11.5 Å². The lowest BCUT2D eigenvalue weighted by Crippen LogP contribution is -2.23. The van der Waals surface area contributed by atoms with Crippen molar-refractivity contribution in [3.05, 3.63) is 89.2 Å². The summed E-state index contributed by atoms with van der Waals surface area (Å²) < 4.78 is 38.3. The summed E-state index contributed by atoms with van der Waals surface area (Å²) in [5.41, 5.74) is 0.381. The van der Waals surface area contributed by atoms with E-state index in [4.69, 9.17) is 9.47 Å². The number of hydrogen-bond acceptors (Lipinski definition) is 6. The van der Waals surface area contributed by atoms with Crippen LogP contribution in [0.4, 0.5) is 5.69 Å². The Morgan fingerprint density at radius 1 is 0.882 bits per heavy atom. The number of anilines is 1. The highest BCUT2D eigenvalue weighted by Gasteiger charge is 2.24. The molecule has 0 unspecified atom stereocenters. The van der Waals surface area contributed by atoms with Gasteiger partial charge in [-0.3, -0.25) is 9.59 Å². The van der Waals surface area contributed by atoms with Gasteiger partial charge in [-0.1, -0.05) is 12.1 Å². The van der Waals surface area contributed by atoms with Gasteiger partial charge in [0.1, 0.15) is 22.9 Å². The Kier molecular flexibility index (Phi) is 6.38. The Morgan fingerprint density at radius 3 is 2.09 bits per heavy atom. The molecule has 1 amide bonds. The standard InChI is InChI=1S/C25H22N2O6S/c1-32-18-9-7-17(8-10-18)26-24(28)16-27-15-23(25(29)21-5-3-4-6-22(21)27)34(30,31)20-13-11-19(33-2)12-14-20/h3-15H,16H2,1-2H3,(H,26,28). The molecule has 0 aliphatic heterocycles. The lowest BCUT2D eigenvalue weighted by atomic mass is 10.2. The van der Waals surface area contributed by atoms with Gasteiger partial charge in [-0.15, -0.1) is 0 Å². The number of hydrogen-bond donors (Lipinski definition) is 1. The molecule has 3 aromatic carbocycles. The number of carbonyl (C=O) groups is 1. The molecule has 0 saturated carbocycles. The molecule has 34 heavy (non-hydrogen) atoms. The van der Waals surface area contributed by atoms with Crippen LogP contribution in [0.15, 0.2) is 93.6 Å². The first-order chi connectivity index (χ1) is 16.3. The normalized spacial score (nSPS) is 11.2. The zero-order valence-corrected chi connectivity index (χ0v) is 19.3. The summed E-state index contributed by atoms with van der Waals surface area (Å²) in [6.45, 7) is -0.196. The second-order valence-electron chi connectivity index (χ2n) is 7.42. The van der Waals surface area contributed by atoms with Gasteiger partial charge >= 0.3 is 0 Å². The third kappa shape index (κ3) is 4.51. The van der Waals surface area contributed by atoms with E-state index < -0.39 is 20.2 Å². The number of fused-ring (bicyclic) bond motifs is 1. The van der Waals surface area contributed by atoms with Crippen molar-refractivity contribution in [3.63, 3.8) is 0 Å². The van der Waals surface area contributed by atoms with Crippen LogP contribution >= 0.6 is 0 Å². The number of para-hydroxylation sites is 1. The Hall–Kier alpha value is -4.11. The number of ether oxygens (including phenoxy) is 2. The van der Waals surface area contributed by atoms with Gasteiger partial charge in [0.15, 0.2) is 0 Å². The Morgan fingerprint density at radius 2 is 1.47 bits per heavy atom. The molecule has 0 aliphatic rings. The number of pyridine rings is 1. The van der Waals surface area contributed by atoms with Crippen molar-refractivity contribution in [1.82, 2.24) is 4.57 Å². The molecule has 0 saturated heterocycles. The van der Waals surface area contributed by atoms with Crippen LogP contribution in [-0.4, -0.2) is 33.1 Å². The SMILES string of the molecule is COc1ccc(NC(=O)Cn2cc(S(=O)(=O)c3ccc(OC)cc3)c(=O)c3ccccc32)cc1. The van der Waals surface area contributed by atoms with Crippen LogP contribution in [0.25, 0.3) is 10.9 Å². The minimum absolute atomic E-state index is 0.0464.